The number of benzene rings is 1. The third-order valence-corrected chi connectivity index (χ3v) is 5.07. The van der Waals surface area contributed by atoms with Gasteiger partial charge in [0.2, 0.25) is 0 Å². The van der Waals surface area contributed by atoms with E-state index in [-0.39, 0.29) is 6.10 Å². The smallest absolute Gasteiger partial charge is 0.0588 e. The molecule has 0 radical (unpaired) electrons. The van der Waals surface area contributed by atoms with Crippen molar-refractivity contribution < 1.29 is 5.11 Å². The largest absolute Gasteiger partial charge is 0.393 e. The molecule has 3 atom stereocenters. The number of halogens is 1. The van der Waals surface area contributed by atoms with Crippen LogP contribution in [0.25, 0.3) is 0 Å². The Balaban J connectivity index is 1.84. The normalized spacial score (nSPS) is 29.8. The molecule has 0 spiro atoms. The summed E-state index contributed by atoms with van der Waals surface area (Å²) in [5.74, 6) is 1.15. The number of aliphatic hydroxyl groups excluding tert-OH is 1. The predicted octanol–water partition coefficient (Wildman–Crippen LogP) is 2.38. The number of hydrogen-bond donors (Lipinski definition) is 2. The molecule has 1 saturated heterocycles. The highest BCUT2D eigenvalue weighted by Crippen LogP contribution is 2.41. The lowest BCUT2D eigenvalue weighted by Gasteiger charge is -2.24. The molecule has 1 heterocycles. The van der Waals surface area contributed by atoms with E-state index in [1.807, 2.05) is 7.05 Å². The maximum Gasteiger partial charge on any atom is 0.0588 e. The van der Waals surface area contributed by atoms with Gasteiger partial charge in [-0.15, -0.1) is 0 Å². The molecule has 1 saturated carbocycles. The van der Waals surface area contributed by atoms with Gasteiger partial charge < -0.3 is 15.3 Å². The van der Waals surface area contributed by atoms with Crippen molar-refractivity contribution in [3.63, 3.8) is 0 Å². The summed E-state index contributed by atoms with van der Waals surface area (Å²) in [7, 11) is 1.98. The molecule has 19 heavy (non-hydrogen) atoms. The van der Waals surface area contributed by atoms with Crippen LogP contribution in [0.4, 0.5) is 5.69 Å². The Kier molecular flexibility index (Phi) is 3.83. The van der Waals surface area contributed by atoms with Crippen molar-refractivity contribution >= 4 is 21.6 Å². The van der Waals surface area contributed by atoms with E-state index < -0.39 is 0 Å². The molecule has 1 aliphatic carbocycles. The lowest BCUT2D eigenvalue weighted by atomic mass is 10.00. The lowest BCUT2D eigenvalue weighted by molar-refractivity contribution is 0.133. The Morgan fingerprint density at radius 1 is 1.37 bits per heavy atom. The van der Waals surface area contributed by atoms with Gasteiger partial charge in [-0.2, -0.15) is 0 Å². The van der Waals surface area contributed by atoms with Crippen molar-refractivity contribution in [2.24, 2.45) is 11.8 Å². The second-order valence-electron chi connectivity index (χ2n) is 5.78. The summed E-state index contributed by atoms with van der Waals surface area (Å²) < 4.78 is 1.12. The minimum Gasteiger partial charge on any atom is -0.393 e. The van der Waals surface area contributed by atoms with E-state index in [1.54, 1.807) is 0 Å². The number of rotatable bonds is 3. The Morgan fingerprint density at radius 3 is 2.95 bits per heavy atom. The summed E-state index contributed by atoms with van der Waals surface area (Å²) >= 11 is 3.57. The first-order chi connectivity index (χ1) is 9.19. The van der Waals surface area contributed by atoms with Gasteiger partial charge in [-0.05, 0) is 43.5 Å². The number of hydrogen-bond acceptors (Lipinski definition) is 3. The fourth-order valence-electron chi connectivity index (χ4n) is 3.60. The molecule has 4 heteroatoms. The number of nitrogens with one attached hydrogen (secondary N) is 1. The Morgan fingerprint density at radius 2 is 2.21 bits per heavy atom. The van der Waals surface area contributed by atoms with Crippen LogP contribution in [-0.4, -0.2) is 31.3 Å². The number of anilines is 1. The number of aliphatic hydroxyl groups is 1. The molecule has 0 bridgehead atoms. The molecule has 3 rings (SSSR count). The molecule has 2 aliphatic rings. The Labute approximate surface area is 123 Å². The first kappa shape index (κ1) is 13.4. The zero-order chi connectivity index (χ0) is 13.4. The topological polar surface area (TPSA) is 35.5 Å². The Bertz CT molecular complexity index is 465. The maximum atomic E-state index is 10.0. The van der Waals surface area contributed by atoms with Crippen LogP contribution in [0.5, 0.6) is 0 Å². The quantitative estimate of drug-likeness (QED) is 0.896. The lowest BCUT2D eigenvalue weighted by Crippen LogP contribution is -2.25. The average molecular weight is 325 g/mol. The SMILES string of the molecule is CNCc1ccc(Br)cc1N1CC2CCC(O)C2C1. The van der Waals surface area contributed by atoms with Crippen molar-refractivity contribution in [1.82, 2.24) is 5.32 Å². The van der Waals surface area contributed by atoms with Crippen LogP contribution >= 0.6 is 15.9 Å². The summed E-state index contributed by atoms with van der Waals surface area (Å²) in [5, 5.41) is 13.3. The van der Waals surface area contributed by atoms with Crippen LogP contribution in [0.2, 0.25) is 0 Å². The van der Waals surface area contributed by atoms with Crippen LogP contribution in [0, 0.1) is 11.8 Å². The summed E-state index contributed by atoms with van der Waals surface area (Å²) in [6.45, 7) is 2.98. The molecular weight excluding hydrogens is 304 g/mol. The van der Waals surface area contributed by atoms with Crippen LogP contribution in [0.3, 0.4) is 0 Å². The van der Waals surface area contributed by atoms with Gasteiger partial charge >= 0.3 is 0 Å². The summed E-state index contributed by atoms with van der Waals surface area (Å²) in [4.78, 5) is 2.45. The summed E-state index contributed by atoms with van der Waals surface area (Å²) in [6.07, 6.45) is 2.08. The standard InChI is InChI=1S/C15H21BrN2O/c1-17-7-10-2-4-12(16)6-14(10)18-8-11-3-5-15(19)13(11)9-18/h2,4,6,11,13,15,17,19H,3,5,7-9H2,1H3. The van der Waals surface area contributed by atoms with Gasteiger partial charge in [0.05, 0.1) is 6.10 Å². The molecule has 1 aliphatic heterocycles. The van der Waals surface area contributed by atoms with Gasteiger partial charge in [-0.1, -0.05) is 22.0 Å². The zero-order valence-electron chi connectivity index (χ0n) is 11.3. The molecule has 2 N–H and O–H groups in total. The molecule has 1 aromatic carbocycles. The van der Waals surface area contributed by atoms with Crippen LogP contribution in [0.15, 0.2) is 22.7 Å². The Hall–Kier alpha value is -0.580. The molecule has 104 valence electrons. The van der Waals surface area contributed by atoms with Gasteiger partial charge in [-0.25, -0.2) is 0 Å². The zero-order valence-corrected chi connectivity index (χ0v) is 12.9. The summed E-state index contributed by atoms with van der Waals surface area (Å²) in [6, 6.07) is 6.49. The van der Waals surface area contributed by atoms with E-state index in [4.69, 9.17) is 0 Å². The van der Waals surface area contributed by atoms with E-state index in [0.29, 0.717) is 11.8 Å². The summed E-state index contributed by atoms with van der Waals surface area (Å²) in [5.41, 5.74) is 2.64. The van der Waals surface area contributed by atoms with Gasteiger partial charge in [0, 0.05) is 35.7 Å². The van der Waals surface area contributed by atoms with Crippen LogP contribution in [-0.2, 0) is 6.54 Å². The molecule has 3 unspecified atom stereocenters. The van der Waals surface area contributed by atoms with E-state index in [2.05, 4.69) is 44.3 Å². The van der Waals surface area contributed by atoms with E-state index >= 15 is 0 Å². The molecule has 0 aromatic heterocycles. The van der Waals surface area contributed by atoms with Gasteiger partial charge in [0.1, 0.15) is 0 Å². The van der Waals surface area contributed by atoms with E-state index in [9.17, 15) is 5.11 Å². The van der Waals surface area contributed by atoms with Crippen molar-refractivity contribution in [3.8, 4) is 0 Å². The first-order valence-electron chi connectivity index (χ1n) is 7.05. The molecule has 1 aromatic rings. The second kappa shape index (κ2) is 5.43. The minimum absolute atomic E-state index is 0.0881. The number of fused-ring (bicyclic) bond motifs is 1. The van der Waals surface area contributed by atoms with Crippen molar-refractivity contribution in [1.29, 1.82) is 0 Å². The van der Waals surface area contributed by atoms with Crippen LogP contribution < -0.4 is 10.2 Å². The van der Waals surface area contributed by atoms with Gasteiger partial charge in [0.25, 0.3) is 0 Å². The maximum absolute atomic E-state index is 10.0. The highest BCUT2D eigenvalue weighted by molar-refractivity contribution is 9.10. The molecule has 2 fully saturated rings. The fraction of sp³-hybridized carbons (Fsp3) is 0.600. The van der Waals surface area contributed by atoms with Crippen molar-refractivity contribution in [2.75, 3.05) is 25.0 Å². The third-order valence-electron chi connectivity index (χ3n) is 4.57. The monoisotopic (exact) mass is 324 g/mol. The fourth-order valence-corrected chi connectivity index (χ4v) is 3.95. The van der Waals surface area contributed by atoms with E-state index in [1.165, 1.54) is 17.7 Å². The molecular formula is C15H21BrN2O. The van der Waals surface area contributed by atoms with Crippen molar-refractivity contribution in [3.05, 3.63) is 28.2 Å². The molecule has 3 nitrogen and oxygen atoms in total. The van der Waals surface area contributed by atoms with Gasteiger partial charge in [0.15, 0.2) is 0 Å². The highest BCUT2D eigenvalue weighted by Gasteiger charge is 2.42. The predicted molar refractivity (Wildman–Crippen MR) is 81.3 cm³/mol. The third kappa shape index (κ3) is 2.54. The second-order valence-corrected chi connectivity index (χ2v) is 6.69. The van der Waals surface area contributed by atoms with Gasteiger partial charge in [-0.3, -0.25) is 0 Å². The highest BCUT2D eigenvalue weighted by atomic mass is 79.9. The number of nitrogens with zero attached hydrogens (tertiary/aromatic N) is 1. The van der Waals surface area contributed by atoms with E-state index in [0.717, 1.165) is 30.5 Å². The average Bonchev–Trinajstić information content (AvgIpc) is 2.95. The van der Waals surface area contributed by atoms with Crippen LogP contribution in [0.1, 0.15) is 18.4 Å². The minimum atomic E-state index is -0.0881. The first-order valence-corrected chi connectivity index (χ1v) is 7.84. The van der Waals surface area contributed by atoms with Crippen molar-refractivity contribution in [2.45, 2.75) is 25.5 Å². The molecule has 0 amide bonds.